The summed E-state index contributed by atoms with van der Waals surface area (Å²) in [6.45, 7) is 1.15. The second-order valence-electron chi connectivity index (χ2n) is 6.88. The lowest BCUT2D eigenvalue weighted by Gasteiger charge is -2.33. The molecule has 1 atom stereocenters. The van der Waals surface area contributed by atoms with Gasteiger partial charge in [-0.2, -0.15) is 0 Å². The standard InChI is InChI=1S/C19H25N3O5/c1-20-16(18(24)21(2)19(20)25)12-17(23)22-10-8-15(9-11-22)27-14-6-4-13(26-3)5-7-14/h4-7,15-16H,8-12H2,1-3H3/t16-/m1/s1. The predicted molar refractivity (Wildman–Crippen MR) is 97.6 cm³/mol. The van der Waals surface area contributed by atoms with E-state index >= 15 is 0 Å². The van der Waals surface area contributed by atoms with Gasteiger partial charge in [-0.1, -0.05) is 0 Å². The van der Waals surface area contributed by atoms with Crippen molar-refractivity contribution in [2.24, 2.45) is 0 Å². The Balaban J connectivity index is 1.49. The number of carbonyl (C=O) groups is 3. The van der Waals surface area contributed by atoms with Crippen molar-refractivity contribution >= 4 is 17.8 Å². The molecule has 4 amide bonds. The van der Waals surface area contributed by atoms with E-state index in [0.29, 0.717) is 13.1 Å². The Bertz CT molecular complexity index is 713. The van der Waals surface area contributed by atoms with Crippen LogP contribution < -0.4 is 9.47 Å². The summed E-state index contributed by atoms with van der Waals surface area (Å²) in [6.07, 6.45) is 1.52. The minimum atomic E-state index is -0.705. The molecule has 2 saturated heterocycles. The number of methoxy groups -OCH3 is 1. The molecule has 0 N–H and O–H groups in total. The van der Waals surface area contributed by atoms with Crippen LogP contribution >= 0.6 is 0 Å². The van der Waals surface area contributed by atoms with Crippen molar-refractivity contribution in [3.63, 3.8) is 0 Å². The fraction of sp³-hybridized carbons (Fsp3) is 0.526. The van der Waals surface area contributed by atoms with Crippen LogP contribution in [0.25, 0.3) is 0 Å². The molecule has 3 rings (SSSR count). The summed E-state index contributed by atoms with van der Waals surface area (Å²) in [5, 5.41) is 0. The van der Waals surface area contributed by atoms with Crippen molar-refractivity contribution in [3.8, 4) is 11.5 Å². The summed E-state index contributed by atoms with van der Waals surface area (Å²) in [6, 6.07) is 6.35. The molecular formula is C19H25N3O5. The maximum Gasteiger partial charge on any atom is 0.326 e. The zero-order chi connectivity index (χ0) is 19.6. The molecule has 27 heavy (non-hydrogen) atoms. The third-order valence-corrected chi connectivity index (χ3v) is 5.20. The average molecular weight is 375 g/mol. The lowest BCUT2D eigenvalue weighted by Crippen LogP contribution is -2.44. The number of hydrogen-bond donors (Lipinski definition) is 0. The van der Waals surface area contributed by atoms with Gasteiger partial charge in [0.1, 0.15) is 23.6 Å². The molecule has 0 aliphatic carbocycles. The van der Waals surface area contributed by atoms with Gasteiger partial charge in [-0.05, 0) is 24.3 Å². The van der Waals surface area contributed by atoms with Crippen molar-refractivity contribution in [1.29, 1.82) is 0 Å². The molecule has 0 radical (unpaired) electrons. The van der Waals surface area contributed by atoms with Crippen molar-refractivity contribution < 1.29 is 23.9 Å². The lowest BCUT2D eigenvalue weighted by atomic mass is 10.1. The summed E-state index contributed by atoms with van der Waals surface area (Å²) >= 11 is 0. The topological polar surface area (TPSA) is 79.4 Å². The Morgan fingerprint density at radius 3 is 2.19 bits per heavy atom. The largest absolute Gasteiger partial charge is 0.497 e. The molecule has 0 saturated carbocycles. The molecule has 146 valence electrons. The fourth-order valence-corrected chi connectivity index (χ4v) is 3.44. The highest BCUT2D eigenvalue weighted by Crippen LogP contribution is 2.23. The van der Waals surface area contributed by atoms with Gasteiger partial charge in [0.05, 0.1) is 13.5 Å². The van der Waals surface area contributed by atoms with Crippen LogP contribution in [0.5, 0.6) is 11.5 Å². The number of rotatable bonds is 5. The molecule has 2 aliphatic heterocycles. The smallest absolute Gasteiger partial charge is 0.326 e. The third kappa shape index (κ3) is 3.99. The van der Waals surface area contributed by atoms with E-state index in [2.05, 4.69) is 0 Å². The van der Waals surface area contributed by atoms with Crippen LogP contribution in [-0.2, 0) is 9.59 Å². The van der Waals surface area contributed by atoms with E-state index in [1.807, 2.05) is 24.3 Å². The molecule has 2 heterocycles. The maximum absolute atomic E-state index is 12.6. The molecule has 8 heteroatoms. The van der Waals surface area contributed by atoms with E-state index in [4.69, 9.17) is 9.47 Å². The number of benzene rings is 1. The van der Waals surface area contributed by atoms with Crippen LogP contribution in [0.2, 0.25) is 0 Å². The van der Waals surface area contributed by atoms with Crippen LogP contribution in [0, 0.1) is 0 Å². The highest BCUT2D eigenvalue weighted by molar-refractivity contribution is 6.05. The average Bonchev–Trinajstić information content (AvgIpc) is 2.87. The van der Waals surface area contributed by atoms with E-state index in [1.54, 1.807) is 19.1 Å². The first kappa shape index (κ1) is 19.0. The number of carbonyl (C=O) groups excluding carboxylic acids is 3. The minimum Gasteiger partial charge on any atom is -0.497 e. The van der Waals surface area contributed by atoms with E-state index in [-0.39, 0.29) is 30.4 Å². The SMILES string of the molecule is COc1ccc(OC2CCN(C(=O)C[C@@H]3C(=O)N(C)C(=O)N3C)CC2)cc1. The van der Waals surface area contributed by atoms with Crippen molar-refractivity contribution in [3.05, 3.63) is 24.3 Å². The predicted octanol–water partition coefficient (Wildman–Crippen LogP) is 1.35. The molecule has 0 unspecified atom stereocenters. The number of nitrogens with zero attached hydrogens (tertiary/aromatic N) is 3. The number of imide groups is 1. The quantitative estimate of drug-likeness (QED) is 0.726. The Hall–Kier alpha value is -2.77. The molecule has 0 spiro atoms. The summed E-state index contributed by atoms with van der Waals surface area (Å²) < 4.78 is 11.1. The number of hydrogen-bond acceptors (Lipinski definition) is 5. The van der Waals surface area contributed by atoms with Crippen LogP contribution in [0.1, 0.15) is 19.3 Å². The number of piperidine rings is 1. The molecule has 2 fully saturated rings. The van der Waals surface area contributed by atoms with E-state index in [1.165, 1.54) is 11.9 Å². The molecule has 1 aromatic rings. The first-order chi connectivity index (χ1) is 12.9. The molecule has 0 aromatic heterocycles. The Morgan fingerprint density at radius 1 is 1.07 bits per heavy atom. The molecule has 1 aromatic carbocycles. The fourth-order valence-electron chi connectivity index (χ4n) is 3.44. The summed E-state index contributed by atoms with van der Waals surface area (Å²) in [5.74, 6) is 1.12. The van der Waals surface area contributed by atoms with Crippen LogP contribution in [0.4, 0.5) is 4.79 Å². The van der Waals surface area contributed by atoms with Crippen molar-refractivity contribution in [1.82, 2.24) is 14.7 Å². The zero-order valence-electron chi connectivity index (χ0n) is 15.9. The van der Waals surface area contributed by atoms with Gasteiger partial charge in [0, 0.05) is 40.0 Å². The monoisotopic (exact) mass is 375 g/mol. The highest BCUT2D eigenvalue weighted by Gasteiger charge is 2.42. The Morgan fingerprint density at radius 2 is 1.67 bits per heavy atom. The minimum absolute atomic E-state index is 0.0232. The molecular weight excluding hydrogens is 350 g/mol. The van der Waals surface area contributed by atoms with Gasteiger partial charge >= 0.3 is 6.03 Å². The maximum atomic E-state index is 12.6. The first-order valence-corrected chi connectivity index (χ1v) is 9.03. The summed E-state index contributed by atoms with van der Waals surface area (Å²) in [7, 11) is 4.61. The van der Waals surface area contributed by atoms with Gasteiger partial charge in [-0.3, -0.25) is 14.5 Å². The van der Waals surface area contributed by atoms with Crippen LogP contribution in [0.3, 0.4) is 0 Å². The van der Waals surface area contributed by atoms with Gasteiger partial charge < -0.3 is 19.3 Å². The number of amides is 4. The van der Waals surface area contributed by atoms with E-state index in [9.17, 15) is 14.4 Å². The Labute approximate surface area is 158 Å². The normalized spacial score (nSPS) is 21.0. The molecule has 8 nitrogen and oxygen atoms in total. The second kappa shape index (κ2) is 7.85. The van der Waals surface area contributed by atoms with Gasteiger partial charge in [-0.25, -0.2) is 4.79 Å². The summed E-state index contributed by atoms with van der Waals surface area (Å²) in [5.41, 5.74) is 0. The number of ether oxygens (including phenoxy) is 2. The van der Waals surface area contributed by atoms with E-state index in [0.717, 1.165) is 29.2 Å². The first-order valence-electron chi connectivity index (χ1n) is 9.03. The van der Waals surface area contributed by atoms with Crippen molar-refractivity contribution in [2.45, 2.75) is 31.4 Å². The second-order valence-corrected chi connectivity index (χ2v) is 6.88. The molecule has 2 aliphatic rings. The van der Waals surface area contributed by atoms with Crippen LogP contribution in [-0.4, -0.2) is 79.0 Å². The lowest BCUT2D eigenvalue weighted by molar-refractivity contribution is -0.137. The summed E-state index contributed by atoms with van der Waals surface area (Å²) in [4.78, 5) is 40.6. The van der Waals surface area contributed by atoms with Crippen LogP contribution in [0.15, 0.2) is 24.3 Å². The molecule has 0 bridgehead atoms. The Kier molecular flexibility index (Phi) is 5.53. The zero-order valence-corrected chi connectivity index (χ0v) is 15.9. The van der Waals surface area contributed by atoms with Crippen molar-refractivity contribution in [2.75, 3.05) is 34.3 Å². The van der Waals surface area contributed by atoms with Gasteiger partial charge in [0.15, 0.2) is 0 Å². The van der Waals surface area contributed by atoms with Gasteiger partial charge in [-0.15, -0.1) is 0 Å². The number of likely N-dealkylation sites (tertiary alicyclic amines) is 1. The number of likely N-dealkylation sites (N-methyl/N-ethyl adjacent to an activating group) is 2. The van der Waals surface area contributed by atoms with E-state index < -0.39 is 6.04 Å². The number of urea groups is 1. The highest BCUT2D eigenvalue weighted by atomic mass is 16.5. The third-order valence-electron chi connectivity index (χ3n) is 5.20. The van der Waals surface area contributed by atoms with Gasteiger partial charge in [0.2, 0.25) is 5.91 Å². The van der Waals surface area contributed by atoms with Gasteiger partial charge in [0.25, 0.3) is 5.91 Å².